The molecule has 0 unspecified atom stereocenters. The van der Waals surface area contributed by atoms with Gasteiger partial charge in [0.05, 0.1) is 6.54 Å². The van der Waals surface area contributed by atoms with Gasteiger partial charge in [0.2, 0.25) is 0 Å². The average molecular weight is 269 g/mol. The molecule has 1 heterocycles. The third kappa shape index (κ3) is 3.21. The summed E-state index contributed by atoms with van der Waals surface area (Å²) in [6.07, 6.45) is 6.83. The van der Waals surface area contributed by atoms with E-state index in [0.29, 0.717) is 5.54 Å². The Labute approximate surface area is 116 Å². The molecule has 0 amide bonds. The van der Waals surface area contributed by atoms with E-state index >= 15 is 0 Å². The molecule has 0 aromatic heterocycles. The highest BCUT2D eigenvalue weighted by Gasteiger charge is 2.38. The van der Waals surface area contributed by atoms with Crippen molar-refractivity contribution < 1.29 is 0 Å². The summed E-state index contributed by atoms with van der Waals surface area (Å²) in [6, 6.07) is 0. The van der Waals surface area contributed by atoms with Crippen molar-refractivity contribution in [2.45, 2.75) is 57.0 Å². The summed E-state index contributed by atoms with van der Waals surface area (Å²) in [5.74, 6) is 1.22. The number of likely N-dealkylation sites (N-methyl/N-ethyl adjacent to an activating group) is 1. The Morgan fingerprint density at radius 2 is 1.94 bits per heavy atom. The van der Waals surface area contributed by atoms with Crippen LogP contribution in [0, 0.1) is 0 Å². The van der Waals surface area contributed by atoms with Gasteiger partial charge in [-0.25, -0.2) is 0 Å². The van der Waals surface area contributed by atoms with Crippen molar-refractivity contribution >= 4 is 16.9 Å². The number of amidine groups is 1. The van der Waals surface area contributed by atoms with Crippen molar-refractivity contribution in [2.75, 3.05) is 26.4 Å². The van der Waals surface area contributed by atoms with E-state index in [2.05, 4.69) is 38.2 Å². The third-order valence-corrected chi connectivity index (χ3v) is 5.69. The van der Waals surface area contributed by atoms with Gasteiger partial charge in [-0.1, -0.05) is 31.0 Å². The van der Waals surface area contributed by atoms with Crippen molar-refractivity contribution in [1.82, 2.24) is 10.2 Å². The second-order valence-corrected chi connectivity index (χ2v) is 7.55. The Morgan fingerprint density at radius 3 is 2.56 bits per heavy atom. The van der Waals surface area contributed by atoms with Crippen LogP contribution in [0.15, 0.2) is 4.99 Å². The summed E-state index contributed by atoms with van der Waals surface area (Å²) < 4.78 is 0. The highest BCUT2D eigenvalue weighted by molar-refractivity contribution is 8.14. The fourth-order valence-electron chi connectivity index (χ4n) is 2.50. The highest BCUT2D eigenvalue weighted by atomic mass is 32.2. The zero-order valence-electron chi connectivity index (χ0n) is 12.3. The molecule has 0 radical (unpaired) electrons. The normalized spacial score (nSPS) is 25.9. The van der Waals surface area contributed by atoms with E-state index in [9.17, 15) is 0 Å². The minimum atomic E-state index is 0.136. The minimum absolute atomic E-state index is 0.136. The smallest absolute Gasteiger partial charge is 0.157 e. The Balaban J connectivity index is 1.92. The summed E-state index contributed by atoms with van der Waals surface area (Å²) in [7, 11) is 4.25. The molecule has 1 saturated carbocycles. The summed E-state index contributed by atoms with van der Waals surface area (Å²) in [5.41, 5.74) is 0.515. The van der Waals surface area contributed by atoms with E-state index in [1.54, 1.807) is 0 Å². The molecule has 0 bridgehead atoms. The van der Waals surface area contributed by atoms with Crippen LogP contribution in [0.25, 0.3) is 0 Å². The molecule has 18 heavy (non-hydrogen) atoms. The first-order chi connectivity index (χ1) is 8.44. The second-order valence-electron chi connectivity index (χ2n) is 6.58. The molecule has 4 heteroatoms. The highest BCUT2D eigenvalue weighted by Crippen LogP contribution is 2.36. The van der Waals surface area contributed by atoms with Gasteiger partial charge in [-0.2, -0.15) is 0 Å². The number of rotatable bonds is 3. The maximum Gasteiger partial charge on any atom is 0.157 e. The van der Waals surface area contributed by atoms with Crippen LogP contribution < -0.4 is 5.32 Å². The largest absolute Gasteiger partial charge is 0.359 e. The zero-order valence-corrected chi connectivity index (χ0v) is 13.1. The van der Waals surface area contributed by atoms with Crippen LogP contribution in [-0.2, 0) is 0 Å². The lowest BCUT2D eigenvalue weighted by Crippen LogP contribution is -2.46. The number of hydrogen-bond donors (Lipinski definition) is 1. The molecule has 2 aliphatic rings. The van der Waals surface area contributed by atoms with Gasteiger partial charge in [-0.15, -0.1) is 0 Å². The van der Waals surface area contributed by atoms with E-state index < -0.39 is 0 Å². The molecule has 104 valence electrons. The molecule has 1 N–H and O–H groups in total. The fraction of sp³-hybridized carbons (Fsp3) is 0.929. The Hall–Kier alpha value is -0.220. The molecule has 3 nitrogen and oxygen atoms in total. The lowest BCUT2D eigenvalue weighted by Gasteiger charge is -2.33. The van der Waals surface area contributed by atoms with Gasteiger partial charge in [0.25, 0.3) is 0 Å². The van der Waals surface area contributed by atoms with E-state index in [-0.39, 0.29) is 5.54 Å². The quantitative estimate of drug-likeness (QED) is 0.854. The van der Waals surface area contributed by atoms with Crippen LogP contribution in [0.4, 0.5) is 0 Å². The first kappa shape index (κ1) is 14.2. The summed E-state index contributed by atoms with van der Waals surface area (Å²) in [4.78, 5) is 7.04. The average Bonchev–Trinajstić information content (AvgIpc) is 2.71. The minimum Gasteiger partial charge on any atom is -0.359 e. The Bertz CT molecular complexity index is 317. The maximum absolute atomic E-state index is 4.79. The van der Waals surface area contributed by atoms with Crippen LogP contribution in [0.3, 0.4) is 0 Å². The lowest BCUT2D eigenvalue weighted by molar-refractivity contribution is 0.205. The van der Waals surface area contributed by atoms with Gasteiger partial charge in [0.1, 0.15) is 0 Å². The number of aliphatic imine (C=N–C) groups is 1. The Morgan fingerprint density at radius 1 is 1.28 bits per heavy atom. The summed E-state index contributed by atoms with van der Waals surface area (Å²) in [5, 5.41) is 4.89. The van der Waals surface area contributed by atoms with Crippen molar-refractivity contribution in [1.29, 1.82) is 0 Å². The van der Waals surface area contributed by atoms with Crippen molar-refractivity contribution in [3.05, 3.63) is 0 Å². The van der Waals surface area contributed by atoms with E-state index in [4.69, 9.17) is 4.99 Å². The molecule has 1 spiro atoms. The lowest BCUT2D eigenvalue weighted by atomic mass is 9.83. The molecule has 2 rings (SSSR count). The van der Waals surface area contributed by atoms with Crippen LogP contribution in [0.2, 0.25) is 0 Å². The van der Waals surface area contributed by atoms with E-state index in [1.807, 2.05) is 11.8 Å². The predicted molar refractivity (Wildman–Crippen MR) is 81.5 cm³/mol. The SMILES string of the molecule is CN(C)C(C)(C)CN=C1NC2(CCCCC2)CS1. The summed E-state index contributed by atoms with van der Waals surface area (Å²) in [6.45, 7) is 5.35. The first-order valence-corrected chi connectivity index (χ1v) is 8.05. The second kappa shape index (κ2) is 5.41. The molecular formula is C14H27N3S. The number of nitrogens with zero attached hydrogens (tertiary/aromatic N) is 2. The van der Waals surface area contributed by atoms with Gasteiger partial charge < -0.3 is 10.2 Å². The van der Waals surface area contributed by atoms with Gasteiger partial charge >= 0.3 is 0 Å². The molecule has 0 aromatic rings. The zero-order chi connectivity index (χ0) is 13.2. The van der Waals surface area contributed by atoms with Crippen LogP contribution >= 0.6 is 11.8 Å². The maximum atomic E-state index is 4.79. The van der Waals surface area contributed by atoms with Crippen LogP contribution in [0.5, 0.6) is 0 Å². The fourth-order valence-corrected chi connectivity index (χ4v) is 3.71. The molecule has 1 saturated heterocycles. The van der Waals surface area contributed by atoms with Gasteiger partial charge in [0.15, 0.2) is 5.17 Å². The molecule has 1 aliphatic heterocycles. The van der Waals surface area contributed by atoms with Gasteiger partial charge in [-0.3, -0.25) is 4.99 Å². The van der Waals surface area contributed by atoms with Crippen molar-refractivity contribution in [3.63, 3.8) is 0 Å². The van der Waals surface area contributed by atoms with Crippen molar-refractivity contribution in [2.24, 2.45) is 4.99 Å². The van der Waals surface area contributed by atoms with E-state index in [0.717, 1.165) is 6.54 Å². The molecular weight excluding hydrogens is 242 g/mol. The van der Waals surface area contributed by atoms with Gasteiger partial charge in [0, 0.05) is 16.8 Å². The number of nitrogens with one attached hydrogen (secondary N) is 1. The van der Waals surface area contributed by atoms with Crippen LogP contribution in [-0.4, -0.2) is 47.5 Å². The first-order valence-electron chi connectivity index (χ1n) is 7.06. The molecule has 2 fully saturated rings. The predicted octanol–water partition coefficient (Wildman–Crippen LogP) is 2.72. The Kier molecular flexibility index (Phi) is 4.27. The summed E-state index contributed by atoms with van der Waals surface area (Å²) >= 11 is 1.92. The number of thioether (sulfide) groups is 1. The molecule has 0 atom stereocenters. The van der Waals surface area contributed by atoms with Crippen molar-refractivity contribution in [3.8, 4) is 0 Å². The van der Waals surface area contributed by atoms with Crippen LogP contribution in [0.1, 0.15) is 46.0 Å². The molecule has 1 aliphatic carbocycles. The third-order valence-electron chi connectivity index (χ3n) is 4.49. The van der Waals surface area contributed by atoms with E-state index in [1.165, 1.54) is 43.0 Å². The number of hydrogen-bond acceptors (Lipinski definition) is 3. The monoisotopic (exact) mass is 269 g/mol. The topological polar surface area (TPSA) is 27.6 Å². The van der Waals surface area contributed by atoms with Gasteiger partial charge in [-0.05, 0) is 40.8 Å². The standard InChI is InChI=1S/C14H27N3S/c1-13(2,17(3)4)10-15-12-16-14(11-18-12)8-6-5-7-9-14/h5-11H2,1-4H3,(H,15,16). The molecule has 0 aromatic carbocycles.